The lowest BCUT2D eigenvalue weighted by atomic mass is 9.81. The molecule has 0 amide bonds. The maximum atomic E-state index is 11.2. The van der Waals surface area contributed by atoms with Gasteiger partial charge in [-0.15, -0.1) is 0 Å². The van der Waals surface area contributed by atoms with Crippen LogP contribution in [0.15, 0.2) is 30.3 Å². The van der Waals surface area contributed by atoms with Gasteiger partial charge in [0.05, 0.1) is 0 Å². The Kier molecular flexibility index (Phi) is 2.82. The maximum Gasteiger partial charge on any atom is 0.303 e. The highest BCUT2D eigenvalue weighted by atomic mass is 16.6. The van der Waals surface area contributed by atoms with Crippen LogP contribution in [-0.4, -0.2) is 5.97 Å². The van der Waals surface area contributed by atoms with Crippen LogP contribution in [0.25, 0.3) is 6.08 Å². The molecule has 0 radical (unpaired) electrons. The smallest absolute Gasteiger partial charge is 0.303 e. The summed E-state index contributed by atoms with van der Waals surface area (Å²) >= 11 is 0. The number of hydrogen-bond acceptors (Lipinski definition) is 2. The van der Waals surface area contributed by atoms with Crippen LogP contribution in [0, 0.1) is 0 Å². The fourth-order valence-corrected chi connectivity index (χ4v) is 2.32. The van der Waals surface area contributed by atoms with Gasteiger partial charge in [0.25, 0.3) is 0 Å². The summed E-state index contributed by atoms with van der Waals surface area (Å²) in [6.45, 7) is 3.53. The van der Waals surface area contributed by atoms with E-state index in [1.54, 1.807) is 0 Å². The van der Waals surface area contributed by atoms with Gasteiger partial charge in [0.15, 0.2) is 0 Å². The minimum atomic E-state index is -0.461. The molecule has 0 fully saturated rings. The van der Waals surface area contributed by atoms with Gasteiger partial charge in [-0.1, -0.05) is 43.3 Å². The first kappa shape index (κ1) is 10.9. The SMILES string of the molecule is CCC1(OC(C)=O)CC=Cc2ccccc21. The number of ether oxygens (including phenoxy) is 1. The summed E-state index contributed by atoms with van der Waals surface area (Å²) in [5, 5.41) is 0. The summed E-state index contributed by atoms with van der Waals surface area (Å²) in [6, 6.07) is 8.10. The van der Waals surface area contributed by atoms with Gasteiger partial charge in [-0.2, -0.15) is 0 Å². The van der Waals surface area contributed by atoms with E-state index in [1.807, 2.05) is 18.2 Å². The molecule has 1 atom stereocenters. The van der Waals surface area contributed by atoms with Crippen LogP contribution >= 0.6 is 0 Å². The predicted octanol–water partition coefficient (Wildman–Crippen LogP) is 3.27. The van der Waals surface area contributed by atoms with E-state index in [0.29, 0.717) is 0 Å². The maximum absolute atomic E-state index is 11.2. The van der Waals surface area contributed by atoms with Crippen LogP contribution in [0.1, 0.15) is 37.8 Å². The van der Waals surface area contributed by atoms with Crippen molar-refractivity contribution in [2.24, 2.45) is 0 Å². The predicted molar refractivity (Wildman–Crippen MR) is 63.8 cm³/mol. The quantitative estimate of drug-likeness (QED) is 0.709. The highest BCUT2D eigenvalue weighted by Gasteiger charge is 2.35. The summed E-state index contributed by atoms with van der Waals surface area (Å²) in [5.41, 5.74) is 1.81. The molecule has 0 spiro atoms. The molecule has 84 valence electrons. The number of esters is 1. The van der Waals surface area contributed by atoms with Crippen molar-refractivity contribution in [1.82, 2.24) is 0 Å². The third-order valence-corrected chi connectivity index (χ3v) is 3.11. The third-order valence-electron chi connectivity index (χ3n) is 3.11. The number of carbonyl (C=O) groups excluding carboxylic acids is 1. The Morgan fingerprint density at radius 1 is 1.44 bits per heavy atom. The van der Waals surface area contributed by atoms with Gasteiger partial charge in [0.1, 0.15) is 5.60 Å². The van der Waals surface area contributed by atoms with E-state index < -0.39 is 5.60 Å². The molecule has 0 saturated heterocycles. The van der Waals surface area contributed by atoms with Crippen molar-refractivity contribution in [3.8, 4) is 0 Å². The zero-order valence-electron chi connectivity index (χ0n) is 9.69. The number of carbonyl (C=O) groups is 1. The molecule has 0 N–H and O–H groups in total. The van der Waals surface area contributed by atoms with Crippen LogP contribution in [0.5, 0.6) is 0 Å². The van der Waals surface area contributed by atoms with Gasteiger partial charge in [0.2, 0.25) is 0 Å². The number of fused-ring (bicyclic) bond motifs is 1. The minimum Gasteiger partial charge on any atom is -0.454 e. The lowest BCUT2D eigenvalue weighted by Gasteiger charge is -2.35. The van der Waals surface area contributed by atoms with Gasteiger partial charge in [0, 0.05) is 18.9 Å². The molecule has 1 aliphatic rings. The average molecular weight is 216 g/mol. The van der Waals surface area contributed by atoms with E-state index in [9.17, 15) is 4.79 Å². The molecule has 2 rings (SSSR count). The first-order valence-electron chi connectivity index (χ1n) is 5.63. The zero-order chi connectivity index (χ0) is 11.6. The highest BCUT2D eigenvalue weighted by molar-refractivity contribution is 5.68. The van der Waals surface area contributed by atoms with Gasteiger partial charge in [-0.05, 0) is 12.0 Å². The molecule has 2 heteroatoms. The Bertz CT molecular complexity index is 434. The fraction of sp³-hybridized carbons (Fsp3) is 0.357. The largest absolute Gasteiger partial charge is 0.454 e. The number of rotatable bonds is 2. The highest BCUT2D eigenvalue weighted by Crippen LogP contribution is 2.39. The molecular formula is C14H16O2. The Labute approximate surface area is 95.9 Å². The summed E-state index contributed by atoms with van der Waals surface area (Å²) in [7, 11) is 0. The Balaban J connectivity index is 2.48. The van der Waals surface area contributed by atoms with Crippen molar-refractivity contribution in [3.63, 3.8) is 0 Å². The van der Waals surface area contributed by atoms with E-state index in [1.165, 1.54) is 6.92 Å². The molecule has 0 heterocycles. The van der Waals surface area contributed by atoms with Crippen LogP contribution in [0.4, 0.5) is 0 Å². The summed E-state index contributed by atoms with van der Waals surface area (Å²) < 4.78 is 5.56. The van der Waals surface area contributed by atoms with Crippen LogP contribution < -0.4 is 0 Å². The minimum absolute atomic E-state index is 0.216. The van der Waals surface area contributed by atoms with Gasteiger partial charge < -0.3 is 4.74 Å². The van der Waals surface area contributed by atoms with E-state index >= 15 is 0 Å². The van der Waals surface area contributed by atoms with Crippen molar-refractivity contribution < 1.29 is 9.53 Å². The average Bonchev–Trinajstić information content (AvgIpc) is 2.29. The molecule has 0 saturated carbocycles. The second-order valence-electron chi connectivity index (χ2n) is 4.14. The number of benzene rings is 1. The lowest BCUT2D eigenvalue weighted by molar-refractivity contribution is -0.158. The van der Waals surface area contributed by atoms with Crippen LogP contribution in [0.3, 0.4) is 0 Å². The Morgan fingerprint density at radius 2 is 2.19 bits per heavy atom. The van der Waals surface area contributed by atoms with Gasteiger partial charge >= 0.3 is 5.97 Å². The first-order chi connectivity index (χ1) is 7.68. The van der Waals surface area contributed by atoms with Gasteiger partial charge in [-0.25, -0.2) is 0 Å². The molecule has 1 unspecified atom stereocenters. The fourth-order valence-electron chi connectivity index (χ4n) is 2.32. The van der Waals surface area contributed by atoms with Crippen molar-refractivity contribution >= 4 is 12.0 Å². The van der Waals surface area contributed by atoms with E-state index in [4.69, 9.17) is 4.74 Å². The molecule has 1 aliphatic carbocycles. The normalized spacial score (nSPS) is 22.6. The second kappa shape index (κ2) is 4.12. The Hall–Kier alpha value is -1.57. The zero-order valence-corrected chi connectivity index (χ0v) is 9.69. The summed E-state index contributed by atoms with van der Waals surface area (Å²) in [5.74, 6) is -0.216. The monoisotopic (exact) mass is 216 g/mol. The van der Waals surface area contributed by atoms with Crippen molar-refractivity contribution in [2.75, 3.05) is 0 Å². The number of hydrogen-bond donors (Lipinski definition) is 0. The van der Waals surface area contributed by atoms with Crippen LogP contribution in [-0.2, 0) is 15.1 Å². The molecule has 0 aromatic heterocycles. The van der Waals surface area contributed by atoms with Crippen molar-refractivity contribution in [3.05, 3.63) is 41.5 Å². The Morgan fingerprint density at radius 3 is 2.88 bits per heavy atom. The van der Waals surface area contributed by atoms with Gasteiger partial charge in [-0.3, -0.25) is 4.79 Å². The first-order valence-corrected chi connectivity index (χ1v) is 5.63. The topological polar surface area (TPSA) is 26.3 Å². The molecule has 2 nitrogen and oxygen atoms in total. The van der Waals surface area contributed by atoms with E-state index in [2.05, 4.69) is 25.1 Å². The van der Waals surface area contributed by atoms with E-state index in [-0.39, 0.29) is 5.97 Å². The lowest BCUT2D eigenvalue weighted by Crippen LogP contribution is -2.32. The molecular weight excluding hydrogens is 200 g/mol. The molecule has 16 heavy (non-hydrogen) atoms. The summed E-state index contributed by atoms with van der Waals surface area (Å²) in [6.07, 6.45) is 5.73. The molecule has 1 aromatic carbocycles. The third kappa shape index (κ3) is 1.75. The van der Waals surface area contributed by atoms with E-state index in [0.717, 1.165) is 24.0 Å². The van der Waals surface area contributed by atoms with Crippen LogP contribution in [0.2, 0.25) is 0 Å². The molecule has 1 aromatic rings. The second-order valence-corrected chi connectivity index (χ2v) is 4.14. The summed E-state index contributed by atoms with van der Waals surface area (Å²) in [4.78, 5) is 11.2. The molecule has 0 aliphatic heterocycles. The van der Waals surface area contributed by atoms with Crippen molar-refractivity contribution in [1.29, 1.82) is 0 Å². The van der Waals surface area contributed by atoms with Crippen molar-refractivity contribution in [2.45, 2.75) is 32.3 Å². The molecule has 0 bridgehead atoms. The standard InChI is InChI=1S/C14H16O2/c1-3-14(16-11(2)15)10-6-8-12-7-4-5-9-13(12)14/h4-9H,3,10H2,1-2H3.